The predicted octanol–water partition coefficient (Wildman–Crippen LogP) is 2.25. The molecule has 0 aliphatic heterocycles. The maximum absolute atomic E-state index is 12.1. The van der Waals surface area contributed by atoms with Crippen molar-refractivity contribution >= 4 is 46.9 Å². The maximum Gasteiger partial charge on any atom is 0.275 e. The third-order valence-electron chi connectivity index (χ3n) is 3.07. The summed E-state index contributed by atoms with van der Waals surface area (Å²) in [5, 5.41) is 7.80. The van der Waals surface area contributed by atoms with Crippen molar-refractivity contribution < 1.29 is 14.3 Å². The van der Waals surface area contributed by atoms with E-state index in [1.54, 1.807) is 36.6 Å². The summed E-state index contributed by atoms with van der Waals surface area (Å²) in [5.74, 6) is -0.585. The molecule has 0 fully saturated rings. The molecule has 2 rings (SSSR count). The van der Waals surface area contributed by atoms with Crippen LogP contribution in [0.3, 0.4) is 0 Å². The average Bonchev–Trinajstić information content (AvgIpc) is 3.03. The van der Waals surface area contributed by atoms with Gasteiger partial charge in [0, 0.05) is 30.4 Å². The number of carbonyl (C=O) groups excluding carboxylic acids is 2. The number of hydrogen-bond acceptors (Lipinski definition) is 6. The first-order valence-electron chi connectivity index (χ1n) is 6.93. The van der Waals surface area contributed by atoms with Crippen LogP contribution in [0.25, 0.3) is 0 Å². The zero-order valence-electron chi connectivity index (χ0n) is 13.2. The lowest BCUT2D eigenvalue weighted by atomic mass is 10.2. The Hall–Kier alpha value is -2.00. The second kappa shape index (κ2) is 9.33. The Morgan fingerprint density at radius 3 is 2.58 bits per heavy atom. The average molecular weight is 371 g/mol. The monoisotopic (exact) mass is 370 g/mol. The predicted molar refractivity (Wildman–Crippen MR) is 96.7 cm³/mol. The summed E-state index contributed by atoms with van der Waals surface area (Å²) in [7, 11) is 1.46. The largest absolute Gasteiger partial charge is 0.372 e. The Bertz CT molecular complexity index is 708. The van der Waals surface area contributed by atoms with Crippen LogP contribution in [0.15, 0.2) is 29.6 Å². The van der Waals surface area contributed by atoms with Crippen LogP contribution in [0.2, 0.25) is 0 Å². The number of methoxy groups -OCH3 is 1. The van der Waals surface area contributed by atoms with Gasteiger partial charge in [0.1, 0.15) is 16.8 Å². The van der Waals surface area contributed by atoms with Crippen molar-refractivity contribution in [2.24, 2.45) is 5.73 Å². The number of rotatable bonds is 6. The maximum atomic E-state index is 12.1. The third kappa shape index (κ3) is 5.27. The number of carbonyl (C=O) groups is 2. The Labute approximate surface area is 150 Å². The van der Waals surface area contributed by atoms with Crippen molar-refractivity contribution in [1.29, 1.82) is 0 Å². The number of ether oxygens (including phenoxy) is 1. The van der Waals surface area contributed by atoms with E-state index in [4.69, 9.17) is 10.5 Å². The Morgan fingerprint density at radius 1 is 1.33 bits per heavy atom. The van der Waals surface area contributed by atoms with E-state index in [0.29, 0.717) is 28.6 Å². The highest BCUT2D eigenvalue weighted by Crippen LogP contribution is 2.17. The minimum atomic E-state index is -0.557. The topological polar surface area (TPSA) is 106 Å². The second-order valence-corrected chi connectivity index (χ2v) is 5.68. The SMILES string of the molecule is COC(C)C(=O)Nc1cccc(NC(=O)c2csc(CN)n2)c1.Cl. The van der Waals surface area contributed by atoms with E-state index in [-0.39, 0.29) is 24.2 Å². The number of hydrogen-bond donors (Lipinski definition) is 3. The first-order valence-corrected chi connectivity index (χ1v) is 7.81. The Morgan fingerprint density at radius 2 is 2.00 bits per heavy atom. The summed E-state index contributed by atoms with van der Waals surface area (Å²) in [6.07, 6.45) is -0.557. The van der Waals surface area contributed by atoms with E-state index >= 15 is 0 Å². The highest BCUT2D eigenvalue weighted by molar-refractivity contribution is 7.09. The van der Waals surface area contributed by atoms with Crippen LogP contribution in [0.1, 0.15) is 22.4 Å². The lowest BCUT2D eigenvalue weighted by Gasteiger charge is -2.11. The smallest absolute Gasteiger partial charge is 0.275 e. The van der Waals surface area contributed by atoms with Gasteiger partial charge in [-0.1, -0.05) is 6.07 Å². The van der Waals surface area contributed by atoms with E-state index in [1.807, 2.05) is 0 Å². The summed E-state index contributed by atoms with van der Waals surface area (Å²) in [6.45, 7) is 1.95. The number of halogens is 1. The van der Waals surface area contributed by atoms with Gasteiger partial charge in [-0.25, -0.2) is 4.98 Å². The van der Waals surface area contributed by atoms with Gasteiger partial charge in [-0.15, -0.1) is 23.7 Å². The molecule has 1 atom stereocenters. The van der Waals surface area contributed by atoms with Crippen molar-refractivity contribution in [2.45, 2.75) is 19.6 Å². The summed E-state index contributed by atoms with van der Waals surface area (Å²) < 4.78 is 4.95. The molecule has 0 aliphatic carbocycles. The van der Waals surface area contributed by atoms with Crippen LogP contribution in [0.5, 0.6) is 0 Å². The molecule has 0 radical (unpaired) electrons. The lowest BCUT2D eigenvalue weighted by Crippen LogP contribution is -2.26. The van der Waals surface area contributed by atoms with Crippen LogP contribution in [0, 0.1) is 0 Å². The van der Waals surface area contributed by atoms with E-state index in [0.717, 1.165) is 0 Å². The van der Waals surface area contributed by atoms with Gasteiger partial charge in [0.2, 0.25) is 0 Å². The molecule has 1 aromatic carbocycles. The fraction of sp³-hybridized carbons (Fsp3) is 0.267. The number of aromatic nitrogens is 1. The summed E-state index contributed by atoms with van der Waals surface area (Å²) in [4.78, 5) is 28.0. The molecule has 24 heavy (non-hydrogen) atoms. The van der Waals surface area contributed by atoms with Crippen LogP contribution >= 0.6 is 23.7 Å². The minimum absolute atomic E-state index is 0. The summed E-state index contributed by atoms with van der Waals surface area (Å²) >= 11 is 1.34. The molecule has 4 N–H and O–H groups in total. The first kappa shape index (κ1) is 20.0. The van der Waals surface area contributed by atoms with Crippen molar-refractivity contribution in [3.63, 3.8) is 0 Å². The highest BCUT2D eigenvalue weighted by Gasteiger charge is 2.13. The van der Waals surface area contributed by atoms with Crippen LogP contribution in [0.4, 0.5) is 11.4 Å². The normalized spacial score (nSPS) is 11.3. The van der Waals surface area contributed by atoms with Crippen molar-refractivity contribution in [2.75, 3.05) is 17.7 Å². The minimum Gasteiger partial charge on any atom is -0.372 e. The number of nitrogens with zero attached hydrogens (tertiary/aromatic N) is 1. The molecule has 0 saturated heterocycles. The third-order valence-corrected chi connectivity index (χ3v) is 3.94. The number of thiazole rings is 1. The first-order chi connectivity index (χ1) is 11.0. The standard InChI is InChI=1S/C15H18N4O3S.ClH/c1-9(22-2)14(20)17-10-4-3-5-11(6-10)18-15(21)12-8-23-13(7-16)19-12;/h3-6,8-9H,7,16H2,1-2H3,(H,17,20)(H,18,21);1H. The van der Waals surface area contributed by atoms with Crippen LogP contribution in [-0.2, 0) is 16.1 Å². The van der Waals surface area contributed by atoms with Gasteiger partial charge < -0.3 is 21.1 Å². The number of amides is 2. The molecular formula is C15H19ClN4O3S. The molecule has 2 amide bonds. The van der Waals surface area contributed by atoms with E-state index in [2.05, 4.69) is 15.6 Å². The van der Waals surface area contributed by atoms with Gasteiger partial charge >= 0.3 is 0 Å². The van der Waals surface area contributed by atoms with E-state index in [9.17, 15) is 9.59 Å². The van der Waals surface area contributed by atoms with Crippen molar-refractivity contribution in [3.05, 3.63) is 40.3 Å². The molecule has 0 spiro atoms. The van der Waals surface area contributed by atoms with Gasteiger partial charge in [0.05, 0.1) is 0 Å². The highest BCUT2D eigenvalue weighted by atomic mass is 35.5. The molecule has 2 aromatic rings. The van der Waals surface area contributed by atoms with Gasteiger partial charge in [-0.05, 0) is 25.1 Å². The lowest BCUT2D eigenvalue weighted by molar-refractivity contribution is -0.124. The number of nitrogens with two attached hydrogens (primary N) is 1. The van der Waals surface area contributed by atoms with Crippen molar-refractivity contribution in [3.8, 4) is 0 Å². The molecular weight excluding hydrogens is 352 g/mol. The fourth-order valence-electron chi connectivity index (χ4n) is 1.73. The molecule has 0 bridgehead atoms. The molecule has 9 heteroatoms. The molecule has 0 aliphatic rings. The van der Waals surface area contributed by atoms with Crippen LogP contribution in [-0.4, -0.2) is 30.0 Å². The molecule has 0 saturated carbocycles. The molecule has 7 nitrogen and oxygen atoms in total. The quantitative estimate of drug-likeness (QED) is 0.723. The molecule has 1 heterocycles. The van der Waals surface area contributed by atoms with E-state index < -0.39 is 6.10 Å². The summed E-state index contributed by atoms with van der Waals surface area (Å²) in [6, 6.07) is 6.85. The number of nitrogens with one attached hydrogen (secondary N) is 2. The molecule has 130 valence electrons. The Kier molecular flexibility index (Phi) is 7.80. The summed E-state index contributed by atoms with van der Waals surface area (Å²) in [5.41, 5.74) is 6.92. The zero-order valence-corrected chi connectivity index (χ0v) is 14.9. The molecule has 1 unspecified atom stereocenters. The fourth-order valence-corrected chi connectivity index (χ4v) is 2.38. The van der Waals surface area contributed by atoms with E-state index in [1.165, 1.54) is 18.4 Å². The Balaban J connectivity index is 0.00000288. The molecule has 1 aromatic heterocycles. The number of anilines is 2. The van der Waals surface area contributed by atoms with Gasteiger partial charge in [-0.3, -0.25) is 9.59 Å². The van der Waals surface area contributed by atoms with Crippen molar-refractivity contribution in [1.82, 2.24) is 4.98 Å². The zero-order chi connectivity index (χ0) is 16.8. The number of benzene rings is 1. The second-order valence-electron chi connectivity index (χ2n) is 4.73. The van der Waals surface area contributed by atoms with Gasteiger partial charge in [0.15, 0.2) is 0 Å². The van der Waals surface area contributed by atoms with Gasteiger partial charge in [0.25, 0.3) is 11.8 Å². The van der Waals surface area contributed by atoms with Crippen LogP contribution < -0.4 is 16.4 Å². The van der Waals surface area contributed by atoms with Gasteiger partial charge in [-0.2, -0.15) is 0 Å².